The lowest BCUT2D eigenvalue weighted by Crippen LogP contribution is -2.39. The molecule has 13 heteroatoms. The third-order valence-electron chi connectivity index (χ3n) is 5.87. The van der Waals surface area contributed by atoms with Crippen molar-refractivity contribution in [2.45, 2.75) is 24.2 Å². The predicted molar refractivity (Wildman–Crippen MR) is 139 cm³/mol. The van der Waals surface area contributed by atoms with Gasteiger partial charge in [0.25, 0.3) is 0 Å². The van der Waals surface area contributed by atoms with Crippen LogP contribution in [0.4, 0.5) is 18.3 Å². The van der Waals surface area contributed by atoms with Gasteiger partial charge in [0.1, 0.15) is 17.2 Å². The lowest BCUT2D eigenvalue weighted by atomic mass is 10.2. The molecule has 2 aromatic carbocycles. The number of anilines is 1. The van der Waals surface area contributed by atoms with Crippen molar-refractivity contribution in [1.82, 2.24) is 9.88 Å². The van der Waals surface area contributed by atoms with Crippen molar-refractivity contribution in [3.63, 3.8) is 0 Å². The minimum absolute atomic E-state index is 0. The maximum absolute atomic E-state index is 14.2. The van der Waals surface area contributed by atoms with Crippen LogP contribution in [0.25, 0.3) is 10.2 Å². The van der Waals surface area contributed by atoms with Crippen LogP contribution in [0.3, 0.4) is 0 Å². The summed E-state index contributed by atoms with van der Waals surface area (Å²) in [5, 5.41) is 0.239. The molecule has 1 aliphatic rings. The fraction of sp³-hybridized carbons (Fsp3) is 0.417. The Bertz CT molecular complexity index is 1320. The highest BCUT2D eigenvalue weighted by molar-refractivity contribution is 7.91. The summed E-state index contributed by atoms with van der Waals surface area (Å²) >= 11 is 1.01. The Morgan fingerprint density at radius 1 is 1.05 bits per heavy atom. The number of morpholine rings is 1. The Morgan fingerprint density at radius 3 is 2.46 bits per heavy atom. The molecule has 0 N–H and O–H groups in total. The van der Waals surface area contributed by atoms with E-state index in [1.54, 1.807) is 0 Å². The number of hydrogen-bond acceptors (Lipinski definition) is 7. The third kappa shape index (κ3) is 7.64. The van der Waals surface area contributed by atoms with Crippen LogP contribution in [0.5, 0.6) is 0 Å². The summed E-state index contributed by atoms with van der Waals surface area (Å²) in [6.45, 7) is 3.90. The summed E-state index contributed by atoms with van der Waals surface area (Å²) in [5.74, 6) is -2.72. The smallest absolute Gasteiger partial charge is 0.228 e. The summed E-state index contributed by atoms with van der Waals surface area (Å²) in [5.41, 5.74) is -0.0127. The molecule has 0 saturated carbocycles. The van der Waals surface area contributed by atoms with Crippen LogP contribution in [0.1, 0.15) is 19.3 Å². The molecule has 4 rings (SSSR count). The first-order chi connectivity index (χ1) is 17.2. The molecule has 37 heavy (non-hydrogen) atoms. The van der Waals surface area contributed by atoms with Crippen molar-refractivity contribution >= 4 is 54.8 Å². The summed E-state index contributed by atoms with van der Waals surface area (Å²) in [4.78, 5) is 21.0. The maximum Gasteiger partial charge on any atom is 0.228 e. The topological polar surface area (TPSA) is 79.8 Å². The first kappa shape index (κ1) is 29.3. The molecule has 0 spiro atoms. The van der Waals surface area contributed by atoms with Gasteiger partial charge in [0, 0.05) is 38.7 Å². The largest absolute Gasteiger partial charge is 0.379 e. The van der Waals surface area contributed by atoms with Crippen LogP contribution < -0.4 is 4.90 Å². The summed E-state index contributed by atoms with van der Waals surface area (Å²) in [7, 11) is -3.69. The van der Waals surface area contributed by atoms with Gasteiger partial charge in [0.15, 0.2) is 20.8 Å². The lowest BCUT2D eigenvalue weighted by Gasteiger charge is -2.27. The molecule has 1 fully saturated rings. The predicted octanol–water partition coefficient (Wildman–Crippen LogP) is 4.44. The summed E-state index contributed by atoms with van der Waals surface area (Å²) in [6.07, 6.45) is 0.587. The Kier molecular flexibility index (Phi) is 10.3. The lowest BCUT2D eigenvalue weighted by molar-refractivity contribution is -0.118. The molecule has 2 heterocycles. The maximum atomic E-state index is 14.2. The Balaban J connectivity index is 0.00000380. The van der Waals surface area contributed by atoms with Crippen LogP contribution in [0.2, 0.25) is 0 Å². The zero-order chi connectivity index (χ0) is 25.7. The number of sulfone groups is 1. The second kappa shape index (κ2) is 13.0. The number of fused-ring (bicyclic) bond motifs is 1. The molecule has 202 valence electrons. The number of carbonyl (C=O) groups excluding carboxylic acids is 1. The standard InChI is InChI=1S/C24H26F3N3O4S2.ClH/c25-17-4-6-19(7-5-17)36(32,33)14-1-3-22(31)30(9-2-8-29-10-12-34-13-11-29)24-28-23-20(27)15-18(26)16-21(23)35-24;/h4-7,15-16H,1-3,8-14H2;1H. The zero-order valence-corrected chi connectivity index (χ0v) is 22.3. The van der Waals surface area contributed by atoms with E-state index in [1.165, 1.54) is 23.1 Å². The molecule has 0 aliphatic carbocycles. The van der Waals surface area contributed by atoms with Crippen molar-refractivity contribution in [2.75, 3.05) is 50.0 Å². The van der Waals surface area contributed by atoms with Crippen LogP contribution in [0.15, 0.2) is 41.3 Å². The van der Waals surface area contributed by atoms with Gasteiger partial charge in [-0.3, -0.25) is 14.6 Å². The number of nitrogens with zero attached hydrogens (tertiary/aromatic N) is 3. The van der Waals surface area contributed by atoms with Crippen molar-refractivity contribution < 1.29 is 31.1 Å². The van der Waals surface area contributed by atoms with E-state index in [-0.39, 0.29) is 57.2 Å². The molecular formula is C24H27ClF3N3O4S2. The van der Waals surface area contributed by atoms with E-state index in [1.807, 2.05) is 0 Å². The van der Waals surface area contributed by atoms with Gasteiger partial charge in [-0.1, -0.05) is 11.3 Å². The molecule has 0 radical (unpaired) electrons. The molecule has 0 atom stereocenters. The number of thiazole rings is 1. The van der Waals surface area contributed by atoms with Crippen molar-refractivity contribution in [1.29, 1.82) is 0 Å². The molecule has 0 unspecified atom stereocenters. The van der Waals surface area contributed by atoms with Crippen molar-refractivity contribution in [3.05, 3.63) is 53.8 Å². The van der Waals surface area contributed by atoms with Crippen LogP contribution >= 0.6 is 23.7 Å². The molecule has 1 saturated heterocycles. The van der Waals surface area contributed by atoms with Gasteiger partial charge in [0.2, 0.25) is 5.91 Å². The van der Waals surface area contributed by atoms with Gasteiger partial charge < -0.3 is 4.74 Å². The second-order valence-electron chi connectivity index (χ2n) is 8.46. The van der Waals surface area contributed by atoms with Gasteiger partial charge in [-0.15, -0.1) is 12.4 Å². The highest BCUT2D eigenvalue weighted by atomic mass is 35.5. The minimum Gasteiger partial charge on any atom is -0.379 e. The van der Waals surface area contributed by atoms with Crippen molar-refractivity contribution in [2.24, 2.45) is 0 Å². The van der Waals surface area contributed by atoms with Crippen LogP contribution in [-0.4, -0.2) is 69.4 Å². The van der Waals surface area contributed by atoms with Gasteiger partial charge in [-0.2, -0.15) is 0 Å². The first-order valence-electron chi connectivity index (χ1n) is 11.6. The SMILES string of the molecule is Cl.O=C(CCCS(=O)(=O)c1ccc(F)cc1)N(CCCN1CCOCC1)c1nc2c(F)cc(F)cc2s1. The molecule has 1 aliphatic heterocycles. The first-order valence-corrected chi connectivity index (χ1v) is 14.0. The average Bonchev–Trinajstić information content (AvgIpc) is 3.26. The molecular weight excluding hydrogens is 551 g/mol. The normalized spacial score (nSPS) is 14.5. The van der Waals surface area contributed by atoms with Gasteiger partial charge in [0.05, 0.1) is 28.6 Å². The number of halogens is 4. The number of carbonyl (C=O) groups is 1. The summed E-state index contributed by atoms with van der Waals surface area (Å²) < 4.78 is 71.8. The molecule has 1 amide bonds. The molecule has 7 nitrogen and oxygen atoms in total. The average molecular weight is 578 g/mol. The fourth-order valence-electron chi connectivity index (χ4n) is 3.97. The minimum atomic E-state index is -3.69. The number of hydrogen-bond donors (Lipinski definition) is 0. The monoisotopic (exact) mass is 577 g/mol. The number of rotatable bonds is 10. The Hall–Kier alpha value is -2.25. The van der Waals surface area contributed by atoms with E-state index < -0.39 is 27.3 Å². The van der Waals surface area contributed by atoms with E-state index >= 15 is 0 Å². The second-order valence-corrected chi connectivity index (χ2v) is 11.6. The van der Waals surface area contributed by atoms with E-state index in [0.29, 0.717) is 26.2 Å². The van der Waals surface area contributed by atoms with Gasteiger partial charge >= 0.3 is 0 Å². The number of benzene rings is 2. The van der Waals surface area contributed by atoms with E-state index in [2.05, 4.69) is 9.88 Å². The van der Waals surface area contributed by atoms with Crippen molar-refractivity contribution in [3.8, 4) is 0 Å². The molecule has 1 aromatic heterocycles. The van der Waals surface area contributed by atoms with Crippen LogP contribution in [0, 0.1) is 17.5 Å². The third-order valence-corrected chi connectivity index (χ3v) is 8.71. The summed E-state index contributed by atoms with van der Waals surface area (Å²) in [6, 6.07) is 6.45. The highest BCUT2D eigenvalue weighted by Crippen LogP contribution is 2.32. The van der Waals surface area contributed by atoms with E-state index in [9.17, 15) is 26.4 Å². The Labute approximate surface area is 223 Å². The number of ether oxygens (including phenoxy) is 1. The quantitative estimate of drug-likeness (QED) is 0.331. The zero-order valence-electron chi connectivity index (χ0n) is 19.9. The highest BCUT2D eigenvalue weighted by Gasteiger charge is 2.23. The molecule has 3 aromatic rings. The Morgan fingerprint density at radius 2 is 1.76 bits per heavy atom. The number of aromatic nitrogens is 1. The van der Waals surface area contributed by atoms with Gasteiger partial charge in [-0.25, -0.2) is 26.6 Å². The number of amides is 1. The van der Waals surface area contributed by atoms with E-state index in [4.69, 9.17) is 4.74 Å². The van der Waals surface area contributed by atoms with Gasteiger partial charge in [-0.05, 0) is 43.2 Å². The van der Waals surface area contributed by atoms with E-state index in [0.717, 1.165) is 49.2 Å². The fourth-order valence-corrected chi connectivity index (χ4v) is 6.33. The van der Waals surface area contributed by atoms with Crippen LogP contribution in [-0.2, 0) is 19.4 Å². The molecule has 0 bridgehead atoms.